The van der Waals surface area contributed by atoms with Crippen LogP contribution in [0.2, 0.25) is 0 Å². The van der Waals surface area contributed by atoms with Gasteiger partial charge in [0.05, 0.1) is 5.54 Å². The lowest BCUT2D eigenvalue weighted by molar-refractivity contribution is -0.124. The number of carbonyl (C=O) groups is 1. The van der Waals surface area contributed by atoms with Crippen molar-refractivity contribution in [2.24, 2.45) is 0 Å². The fourth-order valence-corrected chi connectivity index (χ4v) is 3.38. The smallest absolute Gasteiger partial charge is 0.220 e. The maximum atomic E-state index is 12.0. The van der Waals surface area contributed by atoms with Gasteiger partial charge < -0.3 is 10.1 Å². The Labute approximate surface area is 123 Å². The normalized spacial score (nSPS) is 18.2. The Balaban J connectivity index is 1.73. The summed E-state index contributed by atoms with van der Waals surface area (Å²) in [4.78, 5) is 13.3. The number of alkyl halides is 1. The maximum Gasteiger partial charge on any atom is 0.220 e. The molecule has 1 aliphatic rings. The second-order valence-corrected chi connectivity index (χ2v) is 6.31. The maximum absolute atomic E-state index is 12.0. The molecule has 0 spiro atoms. The zero-order valence-corrected chi connectivity index (χ0v) is 12.6. The molecule has 0 aliphatic carbocycles. The minimum Gasteiger partial charge on any atom is -0.381 e. The van der Waals surface area contributed by atoms with E-state index in [1.54, 1.807) is 11.3 Å². The van der Waals surface area contributed by atoms with Crippen LogP contribution in [0.3, 0.4) is 0 Å². The molecule has 1 saturated heterocycles. The van der Waals surface area contributed by atoms with E-state index in [1.165, 1.54) is 4.88 Å². The molecule has 106 valence electrons. The summed E-state index contributed by atoms with van der Waals surface area (Å²) in [5.74, 6) is 0.576. The van der Waals surface area contributed by atoms with Gasteiger partial charge in [-0.3, -0.25) is 4.79 Å². The van der Waals surface area contributed by atoms with Crippen LogP contribution in [0.4, 0.5) is 0 Å². The number of aryl methyl sites for hydroxylation is 1. The molecule has 0 aromatic carbocycles. The molecule has 1 amide bonds. The molecule has 0 radical (unpaired) electrons. The van der Waals surface area contributed by atoms with E-state index in [0.717, 1.165) is 25.7 Å². The summed E-state index contributed by atoms with van der Waals surface area (Å²) in [6.07, 6.45) is 4.06. The van der Waals surface area contributed by atoms with Crippen LogP contribution in [0.1, 0.15) is 30.6 Å². The highest BCUT2D eigenvalue weighted by molar-refractivity contribution is 7.09. The van der Waals surface area contributed by atoms with Crippen molar-refractivity contribution < 1.29 is 9.53 Å². The molecular weight excluding hydrogens is 282 g/mol. The number of ether oxygens (including phenoxy) is 1. The van der Waals surface area contributed by atoms with Crippen molar-refractivity contribution in [1.82, 2.24) is 5.32 Å². The highest BCUT2D eigenvalue weighted by Crippen LogP contribution is 2.22. The van der Waals surface area contributed by atoms with E-state index in [0.29, 0.717) is 25.5 Å². The average Bonchev–Trinajstić information content (AvgIpc) is 2.93. The second kappa shape index (κ2) is 7.27. The Bertz CT molecular complexity index is 388. The van der Waals surface area contributed by atoms with Gasteiger partial charge in [-0.2, -0.15) is 0 Å². The van der Waals surface area contributed by atoms with Gasteiger partial charge in [-0.1, -0.05) is 6.07 Å². The van der Waals surface area contributed by atoms with E-state index in [-0.39, 0.29) is 11.4 Å². The topological polar surface area (TPSA) is 38.3 Å². The van der Waals surface area contributed by atoms with Gasteiger partial charge >= 0.3 is 0 Å². The molecule has 19 heavy (non-hydrogen) atoms. The van der Waals surface area contributed by atoms with Gasteiger partial charge in [-0.25, -0.2) is 0 Å². The molecule has 2 heterocycles. The standard InChI is InChI=1S/C14H20ClNO2S/c15-11-14(6-8-18-9-7-14)16-13(17)5-1-3-12-4-2-10-19-12/h2,4,10H,1,3,5-9,11H2,(H,16,17). The first-order chi connectivity index (χ1) is 9.24. The van der Waals surface area contributed by atoms with Crippen molar-refractivity contribution >= 4 is 28.8 Å². The van der Waals surface area contributed by atoms with Crippen LogP contribution in [0.5, 0.6) is 0 Å². The number of nitrogens with one attached hydrogen (secondary N) is 1. The highest BCUT2D eigenvalue weighted by atomic mass is 35.5. The van der Waals surface area contributed by atoms with Crippen molar-refractivity contribution in [3.8, 4) is 0 Å². The van der Waals surface area contributed by atoms with E-state index in [9.17, 15) is 4.79 Å². The summed E-state index contributed by atoms with van der Waals surface area (Å²) in [6.45, 7) is 1.37. The molecular formula is C14H20ClNO2S. The molecule has 0 unspecified atom stereocenters. The SMILES string of the molecule is O=C(CCCc1cccs1)NC1(CCl)CCOCC1. The van der Waals surface area contributed by atoms with Crippen molar-refractivity contribution in [3.63, 3.8) is 0 Å². The molecule has 5 heteroatoms. The van der Waals surface area contributed by atoms with Crippen LogP contribution >= 0.6 is 22.9 Å². The Morgan fingerprint density at radius 2 is 2.26 bits per heavy atom. The zero-order valence-electron chi connectivity index (χ0n) is 11.0. The molecule has 1 fully saturated rings. The largest absolute Gasteiger partial charge is 0.381 e. The van der Waals surface area contributed by atoms with E-state index < -0.39 is 0 Å². The summed E-state index contributed by atoms with van der Waals surface area (Å²) in [6, 6.07) is 4.16. The zero-order chi connectivity index (χ0) is 13.6. The summed E-state index contributed by atoms with van der Waals surface area (Å²) in [7, 11) is 0. The number of halogens is 1. The van der Waals surface area contributed by atoms with Crippen molar-refractivity contribution in [1.29, 1.82) is 0 Å². The van der Waals surface area contributed by atoms with Gasteiger partial charge in [0.15, 0.2) is 0 Å². The lowest BCUT2D eigenvalue weighted by Gasteiger charge is -2.36. The highest BCUT2D eigenvalue weighted by Gasteiger charge is 2.32. The van der Waals surface area contributed by atoms with Crippen LogP contribution < -0.4 is 5.32 Å². The van der Waals surface area contributed by atoms with Crippen molar-refractivity contribution in [2.45, 2.75) is 37.6 Å². The van der Waals surface area contributed by atoms with Gasteiger partial charge in [-0.15, -0.1) is 22.9 Å². The molecule has 0 saturated carbocycles. The van der Waals surface area contributed by atoms with Crippen molar-refractivity contribution in [2.75, 3.05) is 19.1 Å². The molecule has 2 rings (SSSR count). The van der Waals surface area contributed by atoms with Crippen LogP contribution in [0, 0.1) is 0 Å². The monoisotopic (exact) mass is 301 g/mol. The van der Waals surface area contributed by atoms with E-state index in [2.05, 4.69) is 16.8 Å². The third-order valence-corrected chi connectivity index (χ3v) is 4.97. The Hall–Kier alpha value is -0.580. The third kappa shape index (κ3) is 4.48. The van der Waals surface area contributed by atoms with E-state index >= 15 is 0 Å². The first kappa shape index (κ1) is 14.8. The van der Waals surface area contributed by atoms with Crippen LogP contribution in [0.25, 0.3) is 0 Å². The minimum atomic E-state index is -0.250. The predicted octanol–water partition coefficient (Wildman–Crippen LogP) is 2.98. The minimum absolute atomic E-state index is 0.110. The first-order valence-electron chi connectivity index (χ1n) is 6.71. The summed E-state index contributed by atoms with van der Waals surface area (Å²) < 4.78 is 5.33. The lowest BCUT2D eigenvalue weighted by Crippen LogP contribution is -2.53. The fraction of sp³-hybridized carbons (Fsp3) is 0.643. The van der Waals surface area contributed by atoms with Crippen LogP contribution in [0.15, 0.2) is 17.5 Å². The Morgan fingerprint density at radius 1 is 1.47 bits per heavy atom. The number of hydrogen-bond acceptors (Lipinski definition) is 3. The Morgan fingerprint density at radius 3 is 2.89 bits per heavy atom. The number of rotatable bonds is 6. The molecule has 1 aliphatic heterocycles. The second-order valence-electron chi connectivity index (χ2n) is 5.01. The van der Waals surface area contributed by atoms with Crippen LogP contribution in [-0.2, 0) is 16.0 Å². The first-order valence-corrected chi connectivity index (χ1v) is 8.13. The summed E-state index contributed by atoms with van der Waals surface area (Å²) >= 11 is 7.77. The number of amides is 1. The number of thiophene rings is 1. The molecule has 0 atom stereocenters. The third-order valence-electron chi connectivity index (χ3n) is 3.52. The molecule has 1 aromatic rings. The van der Waals surface area contributed by atoms with Gasteiger partial charge in [0.2, 0.25) is 5.91 Å². The van der Waals surface area contributed by atoms with Crippen molar-refractivity contribution in [3.05, 3.63) is 22.4 Å². The summed E-state index contributed by atoms with van der Waals surface area (Å²) in [5.41, 5.74) is -0.250. The van der Waals surface area contributed by atoms with Gasteiger partial charge in [0.1, 0.15) is 0 Å². The summed E-state index contributed by atoms with van der Waals surface area (Å²) in [5, 5.41) is 5.18. The van der Waals surface area contributed by atoms with Gasteiger partial charge in [0.25, 0.3) is 0 Å². The van der Waals surface area contributed by atoms with Gasteiger partial charge in [-0.05, 0) is 37.1 Å². The van der Waals surface area contributed by atoms with E-state index in [4.69, 9.17) is 16.3 Å². The Kier molecular flexibility index (Phi) is 5.67. The van der Waals surface area contributed by atoms with Crippen LogP contribution in [-0.4, -0.2) is 30.5 Å². The predicted molar refractivity (Wildman–Crippen MR) is 78.9 cm³/mol. The van der Waals surface area contributed by atoms with E-state index in [1.807, 2.05) is 6.07 Å². The lowest BCUT2D eigenvalue weighted by atomic mass is 9.92. The average molecular weight is 302 g/mol. The number of hydrogen-bond donors (Lipinski definition) is 1. The molecule has 1 N–H and O–H groups in total. The number of carbonyl (C=O) groups excluding carboxylic acids is 1. The fourth-order valence-electron chi connectivity index (χ4n) is 2.29. The molecule has 3 nitrogen and oxygen atoms in total. The molecule has 1 aromatic heterocycles. The van der Waals surface area contributed by atoms with Gasteiger partial charge in [0, 0.05) is 30.4 Å². The molecule has 0 bridgehead atoms. The quantitative estimate of drug-likeness (QED) is 0.820.